The number of rotatable bonds is 5. The van der Waals surface area contributed by atoms with E-state index in [0.717, 1.165) is 33.2 Å². The van der Waals surface area contributed by atoms with Gasteiger partial charge in [0.15, 0.2) is 0 Å². The largest absolute Gasteiger partial charge is 0.280 e. The average Bonchev–Trinajstić information content (AvgIpc) is 3.50. The van der Waals surface area contributed by atoms with Gasteiger partial charge in [-0.2, -0.15) is 0 Å². The van der Waals surface area contributed by atoms with Crippen molar-refractivity contribution in [2.24, 2.45) is 0 Å². The van der Waals surface area contributed by atoms with Gasteiger partial charge in [-0.05, 0) is 61.4 Å². The number of carbonyl (C=O) groups excluding carboxylic acids is 2. The minimum absolute atomic E-state index is 0.0484. The first-order valence-corrected chi connectivity index (χ1v) is 12.1. The van der Waals surface area contributed by atoms with E-state index in [0.29, 0.717) is 24.0 Å². The highest BCUT2D eigenvalue weighted by Gasteiger charge is 2.20. The molecule has 4 heteroatoms. The zero-order chi connectivity index (χ0) is 24.5. The molecule has 0 aliphatic rings. The van der Waals surface area contributed by atoms with Gasteiger partial charge in [0, 0.05) is 33.3 Å². The number of carbonyl (C=O) groups is 2. The third-order valence-electron chi connectivity index (χ3n) is 6.66. The number of fused-ring (bicyclic) bond motifs is 2. The van der Waals surface area contributed by atoms with E-state index >= 15 is 0 Å². The van der Waals surface area contributed by atoms with Crippen LogP contribution in [0.2, 0.25) is 0 Å². The summed E-state index contributed by atoms with van der Waals surface area (Å²) in [5, 5.41) is 2.05. The molecule has 0 radical (unpaired) electrons. The quantitative estimate of drug-likeness (QED) is 0.281. The summed E-state index contributed by atoms with van der Waals surface area (Å²) >= 11 is 0. The predicted molar refractivity (Wildman–Crippen MR) is 144 cm³/mol. The summed E-state index contributed by atoms with van der Waals surface area (Å²) in [5.41, 5.74) is 4.93. The van der Waals surface area contributed by atoms with E-state index in [4.69, 9.17) is 0 Å². The summed E-state index contributed by atoms with van der Waals surface area (Å²) in [6.45, 7) is 0. The minimum atomic E-state index is -0.0484. The lowest BCUT2D eigenvalue weighted by Crippen LogP contribution is -2.17. The van der Waals surface area contributed by atoms with Crippen LogP contribution >= 0.6 is 0 Å². The van der Waals surface area contributed by atoms with Crippen molar-refractivity contribution in [1.82, 2.24) is 9.13 Å². The standard InChI is InChI=1S/C32H24N2O2/c35-31(23-11-3-1-4-12-23)33-27(21-25-15-7-9-17-29(25)33)19-20-28-22-26-16-8-10-18-30(26)34(28)32(36)24-13-5-2-6-14-24/h1-18,21-22H,19-20H2. The molecule has 36 heavy (non-hydrogen) atoms. The smallest absolute Gasteiger partial charge is 0.262 e. The van der Waals surface area contributed by atoms with Gasteiger partial charge < -0.3 is 0 Å². The Bertz CT molecular complexity index is 1580. The Labute approximate surface area is 209 Å². The molecule has 0 N–H and O–H groups in total. The molecule has 0 saturated carbocycles. The maximum Gasteiger partial charge on any atom is 0.262 e. The van der Waals surface area contributed by atoms with E-state index in [1.807, 2.05) is 118 Å². The highest BCUT2D eigenvalue weighted by Crippen LogP contribution is 2.26. The second-order valence-electron chi connectivity index (χ2n) is 8.90. The molecule has 6 aromatic rings. The monoisotopic (exact) mass is 468 g/mol. The molecular formula is C32H24N2O2. The van der Waals surface area contributed by atoms with Crippen molar-refractivity contribution in [2.75, 3.05) is 0 Å². The first kappa shape index (κ1) is 21.8. The number of hydrogen-bond donors (Lipinski definition) is 0. The molecule has 0 amide bonds. The van der Waals surface area contributed by atoms with Crippen molar-refractivity contribution in [2.45, 2.75) is 12.8 Å². The molecule has 0 fully saturated rings. The molecule has 4 aromatic carbocycles. The van der Waals surface area contributed by atoms with Gasteiger partial charge in [0.1, 0.15) is 0 Å². The Morgan fingerprint density at radius 1 is 0.472 bits per heavy atom. The fraction of sp³-hybridized carbons (Fsp3) is 0.0625. The number of hydrogen-bond acceptors (Lipinski definition) is 2. The van der Waals surface area contributed by atoms with Crippen molar-refractivity contribution < 1.29 is 9.59 Å². The van der Waals surface area contributed by atoms with Crippen LogP contribution in [0, 0.1) is 0 Å². The number of aryl methyl sites for hydroxylation is 2. The van der Waals surface area contributed by atoms with Crippen molar-refractivity contribution >= 4 is 33.6 Å². The van der Waals surface area contributed by atoms with E-state index in [1.54, 1.807) is 0 Å². The van der Waals surface area contributed by atoms with Gasteiger partial charge in [-0.3, -0.25) is 18.7 Å². The van der Waals surface area contributed by atoms with Crippen molar-refractivity contribution in [3.63, 3.8) is 0 Å². The molecule has 0 bridgehead atoms. The average molecular weight is 469 g/mol. The SMILES string of the molecule is O=C(c1ccccc1)n1c(CCc2cc3ccccc3n2C(=O)c2ccccc2)cc2ccccc21. The fourth-order valence-electron chi connectivity index (χ4n) is 4.95. The maximum absolute atomic E-state index is 13.6. The zero-order valence-corrected chi connectivity index (χ0v) is 19.7. The van der Waals surface area contributed by atoms with Crippen molar-refractivity contribution in [3.05, 3.63) is 144 Å². The lowest BCUT2D eigenvalue weighted by atomic mass is 10.1. The van der Waals surface area contributed by atoms with Crippen LogP contribution in [0.5, 0.6) is 0 Å². The van der Waals surface area contributed by atoms with Crippen molar-refractivity contribution in [1.29, 1.82) is 0 Å². The van der Waals surface area contributed by atoms with Crippen LogP contribution in [0.4, 0.5) is 0 Å². The summed E-state index contributed by atoms with van der Waals surface area (Å²) in [6, 6.07) is 38.8. The normalized spacial score (nSPS) is 11.2. The summed E-state index contributed by atoms with van der Waals surface area (Å²) < 4.78 is 3.63. The van der Waals surface area contributed by atoms with Crippen LogP contribution in [0.25, 0.3) is 21.8 Å². The second kappa shape index (κ2) is 9.16. The molecule has 0 aliphatic carbocycles. The third-order valence-corrected chi connectivity index (χ3v) is 6.66. The molecule has 6 rings (SSSR count). The third kappa shape index (κ3) is 3.83. The molecule has 0 spiro atoms. The van der Waals surface area contributed by atoms with Gasteiger partial charge in [0.2, 0.25) is 0 Å². The van der Waals surface area contributed by atoms with Crippen LogP contribution in [0.3, 0.4) is 0 Å². The molecule has 0 atom stereocenters. The number of nitrogens with zero attached hydrogens (tertiary/aromatic N) is 2. The predicted octanol–water partition coefficient (Wildman–Crippen LogP) is 6.76. The van der Waals surface area contributed by atoms with E-state index in [2.05, 4.69) is 12.1 Å². The van der Waals surface area contributed by atoms with E-state index < -0.39 is 0 Å². The van der Waals surface area contributed by atoms with Gasteiger partial charge in [0.25, 0.3) is 11.8 Å². The molecule has 0 saturated heterocycles. The van der Waals surface area contributed by atoms with Gasteiger partial charge in [-0.25, -0.2) is 0 Å². The van der Waals surface area contributed by atoms with Crippen LogP contribution < -0.4 is 0 Å². The van der Waals surface area contributed by atoms with Crippen LogP contribution in [0.15, 0.2) is 121 Å². The Morgan fingerprint density at radius 2 is 0.833 bits per heavy atom. The molecule has 0 unspecified atom stereocenters. The summed E-state index contributed by atoms with van der Waals surface area (Å²) in [5.74, 6) is -0.0968. The highest BCUT2D eigenvalue weighted by atomic mass is 16.2. The molecular weight excluding hydrogens is 444 g/mol. The van der Waals surface area contributed by atoms with Crippen molar-refractivity contribution in [3.8, 4) is 0 Å². The zero-order valence-electron chi connectivity index (χ0n) is 19.7. The van der Waals surface area contributed by atoms with E-state index in [9.17, 15) is 9.59 Å². The second-order valence-corrected chi connectivity index (χ2v) is 8.90. The molecule has 174 valence electrons. The lowest BCUT2D eigenvalue weighted by molar-refractivity contribution is 0.0952. The lowest BCUT2D eigenvalue weighted by Gasteiger charge is -2.12. The number of benzene rings is 4. The van der Waals surface area contributed by atoms with Gasteiger partial charge in [-0.1, -0.05) is 72.8 Å². The number of aromatic nitrogens is 2. The summed E-state index contributed by atoms with van der Waals surface area (Å²) in [7, 11) is 0. The Kier molecular flexibility index (Phi) is 5.55. The summed E-state index contributed by atoms with van der Waals surface area (Å²) in [4.78, 5) is 27.1. The fourth-order valence-corrected chi connectivity index (χ4v) is 4.95. The van der Waals surface area contributed by atoms with Gasteiger partial charge in [0.05, 0.1) is 11.0 Å². The summed E-state index contributed by atoms with van der Waals surface area (Å²) in [6.07, 6.45) is 1.23. The Balaban J connectivity index is 1.41. The van der Waals surface area contributed by atoms with Gasteiger partial charge >= 0.3 is 0 Å². The first-order valence-electron chi connectivity index (χ1n) is 12.1. The number of para-hydroxylation sites is 2. The molecule has 4 nitrogen and oxygen atoms in total. The van der Waals surface area contributed by atoms with E-state index in [1.165, 1.54) is 0 Å². The van der Waals surface area contributed by atoms with E-state index in [-0.39, 0.29) is 11.8 Å². The Hall–Kier alpha value is -4.70. The van der Waals surface area contributed by atoms with Crippen LogP contribution in [-0.4, -0.2) is 20.9 Å². The topological polar surface area (TPSA) is 44.0 Å². The minimum Gasteiger partial charge on any atom is -0.280 e. The highest BCUT2D eigenvalue weighted by molar-refractivity contribution is 6.04. The van der Waals surface area contributed by atoms with Crippen LogP contribution in [0.1, 0.15) is 32.1 Å². The first-order chi connectivity index (χ1) is 17.7. The maximum atomic E-state index is 13.6. The molecule has 2 heterocycles. The molecule has 0 aliphatic heterocycles. The van der Waals surface area contributed by atoms with Crippen LogP contribution in [-0.2, 0) is 12.8 Å². The van der Waals surface area contributed by atoms with Gasteiger partial charge in [-0.15, -0.1) is 0 Å². The molecule has 2 aromatic heterocycles. The Morgan fingerprint density at radius 3 is 1.25 bits per heavy atom.